The van der Waals surface area contributed by atoms with E-state index in [1.165, 1.54) is 0 Å². The van der Waals surface area contributed by atoms with Crippen molar-refractivity contribution in [2.24, 2.45) is 0 Å². The van der Waals surface area contributed by atoms with E-state index in [4.69, 9.17) is 0 Å². The number of carbonyl (C=O) groups excluding carboxylic acids is 1. The van der Waals surface area contributed by atoms with E-state index in [1.807, 2.05) is 0 Å². The predicted octanol–water partition coefficient (Wildman–Crippen LogP) is 1.13. The first kappa shape index (κ1) is 13.4. The number of hydrogen-bond donors (Lipinski definition) is 3. The number of carboxylic acid groups (broad SMARTS) is 1. The van der Waals surface area contributed by atoms with Crippen LogP contribution in [0.2, 0.25) is 0 Å². The van der Waals surface area contributed by atoms with Crippen molar-refractivity contribution >= 4 is 17.7 Å². The summed E-state index contributed by atoms with van der Waals surface area (Å²) in [7, 11) is 0. The van der Waals surface area contributed by atoms with Crippen LogP contribution in [0.15, 0.2) is 18.2 Å². The van der Waals surface area contributed by atoms with Gasteiger partial charge < -0.3 is 20.6 Å². The molecule has 19 heavy (non-hydrogen) atoms. The third kappa shape index (κ3) is 3.03. The van der Waals surface area contributed by atoms with Gasteiger partial charge in [0.2, 0.25) is 0 Å². The number of benzene rings is 1. The SMILES string of the molecule is Cc1cccc(NC(=O)N2CCNCC2)c1C(=O)O. The smallest absolute Gasteiger partial charge is 0.338 e. The Morgan fingerprint density at radius 1 is 1.32 bits per heavy atom. The normalized spacial score (nSPS) is 15.1. The highest BCUT2D eigenvalue weighted by Crippen LogP contribution is 2.20. The van der Waals surface area contributed by atoms with Crippen molar-refractivity contribution in [1.29, 1.82) is 0 Å². The summed E-state index contributed by atoms with van der Waals surface area (Å²) in [4.78, 5) is 24.9. The highest BCUT2D eigenvalue weighted by Gasteiger charge is 2.19. The number of urea groups is 1. The summed E-state index contributed by atoms with van der Waals surface area (Å²) in [6.45, 7) is 4.48. The predicted molar refractivity (Wildman–Crippen MR) is 71.6 cm³/mol. The van der Waals surface area contributed by atoms with Crippen LogP contribution in [0.3, 0.4) is 0 Å². The van der Waals surface area contributed by atoms with Gasteiger partial charge in [-0.2, -0.15) is 0 Å². The third-order valence-electron chi connectivity index (χ3n) is 3.13. The number of amides is 2. The van der Waals surface area contributed by atoms with Gasteiger partial charge in [0.05, 0.1) is 11.3 Å². The Bertz CT molecular complexity index is 496. The van der Waals surface area contributed by atoms with Gasteiger partial charge in [0, 0.05) is 26.2 Å². The van der Waals surface area contributed by atoms with Gasteiger partial charge in [-0.15, -0.1) is 0 Å². The Kier molecular flexibility index (Phi) is 4.01. The summed E-state index contributed by atoms with van der Waals surface area (Å²) in [6.07, 6.45) is 0. The van der Waals surface area contributed by atoms with Crippen LogP contribution in [-0.4, -0.2) is 48.2 Å². The lowest BCUT2D eigenvalue weighted by molar-refractivity contribution is 0.0697. The zero-order valence-corrected chi connectivity index (χ0v) is 10.8. The molecule has 1 aliphatic heterocycles. The van der Waals surface area contributed by atoms with Gasteiger partial charge in [-0.05, 0) is 18.6 Å². The Morgan fingerprint density at radius 2 is 2.00 bits per heavy atom. The lowest BCUT2D eigenvalue weighted by Crippen LogP contribution is -2.48. The molecule has 0 aromatic heterocycles. The molecule has 0 spiro atoms. The number of aromatic carboxylic acids is 1. The lowest BCUT2D eigenvalue weighted by Gasteiger charge is -2.27. The second-order valence-corrected chi connectivity index (χ2v) is 4.47. The molecule has 102 valence electrons. The quantitative estimate of drug-likeness (QED) is 0.747. The van der Waals surface area contributed by atoms with E-state index in [-0.39, 0.29) is 11.6 Å². The number of nitrogens with one attached hydrogen (secondary N) is 2. The van der Waals surface area contributed by atoms with E-state index in [0.29, 0.717) is 24.3 Å². The third-order valence-corrected chi connectivity index (χ3v) is 3.13. The van der Waals surface area contributed by atoms with Crippen LogP contribution in [0.4, 0.5) is 10.5 Å². The largest absolute Gasteiger partial charge is 0.478 e. The Hall–Kier alpha value is -2.08. The van der Waals surface area contributed by atoms with Gasteiger partial charge in [-0.3, -0.25) is 0 Å². The summed E-state index contributed by atoms with van der Waals surface area (Å²) in [6, 6.07) is 4.80. The molecule has 2 amide bonds. The van der Waals surface area contributed by atoms with E-state index in [2.05, 4.69) is 10.6 Å². The zero-order chi connectivity index (χ0) is 13.8. The Labute approximate surface area is 111 Å². The minimum Gasteiger partial charge on any atom is -0.478 e. The molecule has 0 aliphatic carbocycles. The minimum atomic E-state index is -1.03. The van der Waals surface area contributed by atoms with Crippen molar-refractivity contribution in [2.75, 3.05) is 31.5 Å². The topological polar surface area (TPSA) is 81.7 Å². The molecule has 6 heteroatoms. The van der Waals surface area contributed by atoms with Crippen molar-refractivity contribution in [3.63, 3.8) is 0 Å². The summed E-state index contributed by atoms with van der Waals surface area (Å²) < 4.78 is 0. The second-order valence-electron chi connectivity index (χ2n) is 4.47. The summed E-state index contributed by atoms with van der Waals surface area (Å²) in [5.41, 5.74) is 1.12. The number of piperazine rings is 1. The van der Waals surface area contributed by atoms with Crippen LogP contribution < -0.4 is 10.6 Å². The maximum Gasteiger partial charge on any atom is 0.338 e. The van der Waals surface area contributed by atoms with Gasteiger partial charge >= 0.3 is 12.0 Å². The maximum absolute atomic E-state index is 12.0. The van der Waals surface area contributed by atoms with Crippen molar-refractivity contribution in [3.05, 3.63) is 29.3 Å². The van der Waals surface area contributed by atoms with Crippen LogP contribution in [0.5, 0.6) is 0 Å². The standard InChI is InChI=1S/C13H17N3O3/c1-9-3-2-4-10(11(9)12(17)18)15-13(19)16-7-5-14-6-8-16/h2-4,14H,5-8H2,1H3,(H,15,19)(H,17,18). The van der Waals surface area contributed by atoms with E-state index < -0.39 is 5.97 Å². The van der Waals surface area contributed by atoms with E-state index >= 15 is 0 Å². The van der Waals surface area contributed by atoms with Crippen molar-refractivity contribution in [1.82, 2.24) is 10.2 Å². The molecule has 0 radical (unpaired) electrons. The number of rotatable bonds is 2. The number of carboxylic acids is 1. The number of nitrogens with zero attached hydrogens (tertiary/aromatic N) is 1. The molecule has 1 saturated heterocycles. The fourth-order valence-electron chi connectivity index (χ4n) is 2.12. The number of carbonyl (C=O) groups is 2. The molecule has 0 unspecified atom stereocenters. The van der Waals surface area contributed by atoms with Crippen LogP contribution >= 0.6 is 0 Å². The molecule has 3 N–H and O–H groups in total. The monoisotopic (exact) mass is 263 g/mol. The maximum atomic E-state index is 12.0. The minimum absolute atomic E-state index is 0.144. The molecule has 1 heterocycles. The van der Waals surface area contributed by atoms with Crippen molar-refractivity contribution in [2.45, 2.75) is 6.92 Å². The molecule has 1 aliphatic rings. The number of aryl methyl sites for hydroxylation is 1. The summed E-state index contributed by atoms with van der Waals surface area (Å²) in [5.74, 6) is -1.03. The summed E-state index contributed by atoms with van der Waals surface area (Å²) in [5, 5.41) is 15.0. The highest BCUT2D eigenvalue weighted by molar-refractivity contribution is 6.01. The average Bonchev–Trinajstić information content (AvgIpc) is 2.39. The molecular weight excluding hydrogens is 246 g/mol. The van der Waals surface area contributed by atoms with E-state index in [9.17, 15) is 14.7 Å². The molecule has 2 rings (SSSR count). The molecule has 0 saturated carbocycles. The average molecular weight is 263 g/mol. The molecule has 1 aromatic rings. The van der Waals surface area contributed by atoms with Gasteiger partial charge in [-0.1, -0.05) is 12.1 Å². The van der Waals surface area contributed by atoms with Crippen LogP contribution in [-0.2, 0) is 0 Å². The Morgan fingerprint density at radius 3 is 2.63 bits per heavy atom. The fourth-order valence-corrected chi connectivity index (χ4v) is 2.12. The molecule has 1 aromatic carbocycles. The van der Waals surface area contributed by atoms with E-state index in [1.54, 1.807) is 30.0 Å². The van der Waals surface area contributed by atoms with Crippen molar-refractivity contribution < 1.29 is 14.7 Å². The first-order chi connectivity index (χ1) is 9.09. The van der Waals surface area contributed by atoms with Crippen LogP contribution in [0.25, 0.3) is 0 Å². The van der Waals surface area contributed by atoms with Gasteiger partial charge in [0.25, 0.3) is 0 Å². The first-order valence-corrected chi connectivity index (χ1v) is 6.19. The fraction of sp³-hybridized carbons (Fsp3) is 0.385. The molecule has 1 fully saturated rings. The van der Waals surface area contributed by atoms with Crippen LogP contribution in [0, 0.1) is 6.92 Å². The molecule has 0 atom stereocenters. The second kappa shape index (κ2) is 5.71. The van der Waals surface area contributed by atoms with Gasteiger partial charge in [-0.25, -0.2) is 9.59 Å². The number of anilines is 1. The molecule has 0 bridgehead atoms. The lowest BCUT2D eigenvalue weighted by atomic mass is 10.1. The van der Waals surface area contributed by atoms with Gasteiger partial charge in [0.15, 0.2) is 0 Å². The Balaban J connectivity index is 2.16. The summed E-state index contributed by atoms with van der Waals surface area (Å²) >= 11 is 0. The molecule has 6 nitrogen and oxygen atoms in total. The highest BCUT2D eigenvalue weighted by atomic mass is 16.4. The number of hydrogen-bond acceptors (Lipinski definition) is 3. The molecular formula is C13H17N3O3. The van der Waals surface area contributed by atoms with E-state index in [0.717, 1.165) is 13.1 Å². The van der Waals surface area contributed by atoms with Crippen LogP contribution in [0.1, 0.15) is 15.9 Å². The zero-order valence-electron chi connectivity index (χ0n) is 10.8. The first-order valence-electron chi connectivity index (χ1n) is 6.19. The van der Waals surface area contributed by atoms with Gasteiger partial charge in [0.1, 0.15) is 0 Å². The van der Waals surface area contributed by atoms with Crippen molar-refractivity contribution in [3.8, 4) is 0 Å².